The van der Waals surface area contributed by atoms with Crippen LogP contribution in [0.3, 0.4) is 0 Å². The Morgan fingerprint density at radius 1 is 0.838 bits per heavy atom. The smallest absolute Gasteiger partial charge is 0.407 e. The number of hydrogen-bond donors (Lipinski definition) is 1. The summed E-state index contributed by atoms with van der Waals surface area (Å²) in [6.07, 6.45) is -0.271. The minimum absolute atomic E-state index is 0.0127. The van der Waals surface area contributed by atoms with Crippen LogP contribution in [0, 0.1) is 0 Å². The van der Waals surface area contributed by atoms with Crippen LogP contribution in [0.15, 0.2) is 18.2 Å². The molecule has 0 fully saturated rings. The zero-order chi connectivity index (χ0) is 26.9. The molecule has 0 aliphatic carbocycles. The van der Waals surface area contributed by atoms with Gasteiger partial charge in [-0.3, -0.25) is 4.79 Å². The summed E-state index contributed by atoms with van der Waals surface area (Å²) in [6.45, 7) is 9.58. The zero-order valence-corrected chi connectivity index (χ0v) is 22.4. The second-order valence-electron chi connectivity index (χ2n) is 9.26. The molecule has 0 spiro atoms. The van der Waals surface area contributed by atoms with Gasteiger partial charge in [-0.1, -0.05) is 6.07 Å². The van der Waals surface area contributed by atoms with Crippen LogP contribution in [0.2, 0.25) is 0 Å². The van der Waals surface area contributed by atoms with Gasteiger partial charge in [0.25, 0.3) is 0 Å². The number of carbonyl (C=O) groups is 2. The Bertz CT molecular complexity index is 811. The van der Waals surface area contributed by atoms with Crippen molar-refractivity contribution in [3.63, 3.8) is 0 Å². The molecule has 1 amide bonds. The normalized spacial score (nSPS) is 17.5. The second-order valence-corrected chi connectivity index (χ2v) is 9.26. The van der Waals surface area contributed by atoms with Crippen LogP contribution < -0.4 is 14.8 Å². The first-order valence-corrected chi connectivity index (χ1v) is 12.5. The first-order chi connectivity index (χ1) is 17.8. The maximum absolute atomic E-state index is 12.3. The molecule has 0 aromatic heterocycles. The molecule has 1 N–H and O–H groups in total. The Kier molecular flexibility index (Phi) is 14.1. The highest BCUT2D eigenvalue weighted by Gasteiger charge is 2.22. The van der Waals surface area contributed by atoms with Crippen molar-refractivity contribution in [2.75, 3.05) is 73.2 Å². The molecule has 11 heteroatoms. The highest BCUT2D eigenvalue weighted by Crippen LogP contribution is 2.29. The molecule has 1 atom stereocenters. The molecule has 11 nitrogen and oxygen atoms in total. The van der Waals surface area contributed by atoms with Crippen LogP contribution in [0.4, 0.5) is 4.79 Å². The number of ether oxygens (including phenoxy) is 8. The van der Waals surface area contributed by atoms with E-state index in [1.54, 1.807) is 26.8 Å². The number of alkyl carbamates (subject to hydrolysis) is 1. The molecule has 210 valence electrons. The van der Waals surface area contributed by atoms with Crippen LogP contribution in [0.25, 0.3) is 0 Å². The van der Waals surface area contributed by atoms with Gasteiger partial charge in [0.15, 0.2) is 11.5 Å². The lowest BCUT2D eigenvalue weighted by Crippen LogP contribution is -2.41. The monoisotopic (exact) mass is 527 g/mol. The van der Waals surface area contributed by atoms with Gasteiger partial charge in [-0.05, 0) is 44.9 Å². The molecule has 2 rings (SSSR count). The molecular weight excluding hydrogens is 486 g/mol. The highest BCUT2D eigenvalue weighted by atomic mass is 16.6. The quantitative estimate of drug-likeness (QED) is 0.572. The van der Waals surface area contributed by atoms with E-state index < -0.39 is 23.7 Å². The summed E-state index contributed by atoms with van der Waals surface area (Å²) in [4.78, 5) is 24.3. The van der Waals surface area contributed by atoms with E-state index in [1.165, 1.54) is 7.11 Å². The van der Waals surface area contributed by atoms with Crippen molar-refractivity contribution in [1.82, 2.24) is 5.32 Å². The van der Waals surface area contributed by atoms with Crippen LogP contribution in [-0.4, -0.2) is 96.9 Å². The molecule has 0 unspecified atom stereocenters. The summed E-state index contributed by atoms with van der Waals surface area (Å²) < 4.78 is 44.0. The third-order valence-electron chi connectivity index (χ3n) is 4.94. The van der Waals surface area contributed by atoms with Crippen molar-refractivity contribution in [3.8, 4) is 11.5 Å². The molecule has 0 saturated carbocycles. The molecule has 1 heterocycles. The molecule has 0 radical (unpaired) electrons. The number of nitrogens with one attached hydrogen (secondary N) is 1. The zero-order valence-electron chi connectivity index (χ0n) is 22.4. The van der Waals surface area contributed by atoms with Gasteiger partial charge in [-0.2, -0.15) is 0 Å². The number of fused-ring (bicyclic) bond motifs is 1. The number of hydrogen-bond acceptors (Lipinski definition) is 10. The van der Waals surface area contributed by atoms with Crippen molar-refractivity contribution >= 4 is 12.1 Å². The molecule has 1 aromatic carbocycles. The fourth-order valence-electron chi connectivity index (χ4n) is 3.31. The van der Waals surface area contributed by atoms with Crippen molar-refractivity contribution in [2.45, 2.75) is 45.3 Å². The lowest BCUT2D eigenvalue weighted by Gasteiger charge is -2.23. The third-order valence-corrected chi connectivity index (χ3v) is 4.94. The SMILES string of the molecule is COC(=O)C[C@H](Cc1ccc2c(c1)OCCOCCOCCOCCOCCO2)NC(=O)OC(C)(C)C. The molecule has 0 bridgehead atoms. The predicted molar refractivity (Wildman–Crippen MR) is 134 cm³/mol. The Balaban J connectivity index is 2.08. The van der Waals surface area contributed by atoms with E-state index in [0.29, 0.717) is 84.0 Å². The molecular formula is C26H41NO10. The summed E-state index contributed by atoms with van der Waals surface area (Å²) in [5.74, 6) is 0.636. The van der Waals surface area contributed by atoms with E-state index in [1.807, 2.05) is 12.1 Å². The van der Waals surface area contributed by atoms with Crippen molar-refractivity contribution in [1.29, 1.82) is 0 Å². The third kappa shape index (κ3) is 14.1. The van der Waals surface area contributed by atoms with Crippen LogP contribution in [0.5, 0.6) is 11.5 Å². The molecule has 1 aromatic rings. The number of benzene rings is 1. The fraction of sp³-hybridized carbons (Fsp3) is 0.692. The Hall–Kier alpha value is -2.60. The first-order valence-electron chi connectivity index (χ1n) is 12.5. The largest absolute Gasteiger partial charge is 0.487 e. The van der Waals surface area contributed by atoms with E-state index in [2.05, 4.69) is 5.32 Å². The topological polar surface area (TPSA) is 120 Å². The second kappa shape index (κ2) is 17.0. The number of methoxy groups -OCH3 is 1. The fourth-order valence-corrected chi connectivity index (χ4v) is 3.31. The molecule has 37 heavy (non-hydrogen) atoms. The van der Waals surface area contributed by atoms with Crippen molar-refractivity contribution in [3.05, 3.63) is 23.8 Å². The summed E-state index contributed by atoms with van der Waals surface area (Å²) >= 11 is 0. The molecule has 1 aliphatic heterocycles. The lowest BCUT2D eigenvalue weighted by atomic mass is 10.0. The average molecular weight is 528 g/mol. The van der Waals surface area contributed by atoms with Gasteiger partial charge in [0.05, 0.1) is 66.4 Å². The van der Waals surface area contributed by atoms with Gasteiger partial charge in [0, 0.05) is 6.04 Å². The van der Waals surface area contributed by atoms with Crippen molar-refractivity contribution < 1.29 is 47.5 Å². The lowest BCUT2D eigenvalue weighted by molar-refractivity contribution is -0.141. The summed E-state index contributed by atoms with van der Waals surface area (Å²) in [7, 11) is 1.31. The van der Waals surface area contributed by atoms with E-state index in [-0.39, 0.29) is 6.42 Å². The van der Waals surface area contributed by atoms with E-state index in [9.17, 15) is 9.59 Å². The minimum atomic E-state index is -0.665. The minimum Gasteiger partial charge on any atom is -0.487 e. The van der Waals surface area contributed by atoms with Crippen LogP contribution >= 0.6 is 0 Å². The van der Waals surface area contributed by atoms with Gasteiger partial charge in [0.2, 0.25) is 0 Å². The Morgan fingerprint density at radius 3 is 1.86 bits per heavy atom. The van der Waals surface area contributed by atoms with Crippen LogP contribution in [-0.2, 0) is 39.6 Å². The van der Waals surface area contributed by atoms with Gasteiger partial charge < -0.3 is 43.2 Å². The van der Waals surface area contributed by atoms with Gasteiger partial charge in [0.1, 0.15) is 18.8 Å². The highest BCUT2D eigenvalue weighted by molar-refractivity contribution is 5.73. The molecule has 0 saturated heterocycles. The van der Waals surface area contributed by atoms with Gasteiger partial charge in [-0.15, -0.1) is 0 Å². The molecule has 1 aliphatic rings. The summed E-state index contributed by atoms with van der Waals surface area (Å²) in [5.41, 5.74) is 0.166. The Morgan fingerprint density at radius 2 is 1.35 bits per heavy atom. The summed E-state index contributed by atoms with van der Waals surface area (Å²) in [5, 5.41) is 2.76. The van der Waals surface area contributed by atoms with Gasteiger partial charge in [-0.25, -0.2) is 4.79 Å². The first kappa shape index (κ1) is 30.6. The average Bonchev–Trinajstić information content (AvgIpc) is 2.82. The standard InChI is InChI=1S/C26H41NO10/c1-26(2,3)37-25(29)27-21(19-24(28)30-4)17-20-5-6-22-23(18-20)36-16-14-34-12-10-32-8-7-31-9-11-33-13-15-35-22/h5-6,18,21H,7-17,19H2,1-4H3,(H,27,29)/t21-/m0/s1. The summed E-state index contributed by atoms with van der Waals surface area (Å²) in [6, 6.07) is 4.94. The van der Waals surface area contributed by atoms with E-state index in [0.717, 1.165) is 5.56 Å². The maximum Gasteiger partial charge on any atom is 0.407 e. The van der Waals surface area contributed by atoms with E-state index >= 15 is 0 Å². The Labute approximate surface area is 219 Å². The predicted octanol–water partition coefficient (Wildman–Crippen LogP) is 2.52. The number of carbonyl (C=O) groups excluding carboxylic acids is 2. The van der Waals surface area contributed by atoms with Crippen LogP contribution in [0.1, 0.15) is 32.8 Å². The number of amides is 1. The van der Waals surface area contributed by atoms with Gasteiger partial charge >= 0.3 is 12.1 Å². The number of esters is 1. The number of rotatable bonds is 5. The maximum atomic E-state index is 12.3. The van der Waals surface area contributed by atoms with E-state index in [4.69, 9.17) is 37.9 Å². The van der Waals surface area contributed by atoms with Crippen molar-refractivity contribution in [2.24, 2.45) is 0 Å².